The Morgan fingerprint density at radius 2 is 2.06 bits per heavy atom. The molecule has 2 amide bonds. The Morgan fingerprint density at radius 1 is 1.21 bits per heavy atom. The van der Waals surface area contributed by atoms with Crippen molar-refractivity contribution in [3.8, 4) is 11.5 Å². The van der Waals surface area contributed by atoms with Crippen LogP contribution in [0.15, 0.2) is 47.1 Å². The molecule has 4 rings (SSSR count). The van der Waals surface area contributed by atoms with Gasteiger partial charge in [-0.2, -0.15) is 16.9 Å². The van der Waals surface area contributed by atoms with E-state index in [9.17, 15) is 9.59 Å². The van der Waals surface area contributed by atoms with E-state index >= 15 is 0 Å². The number of fused-ring (bicyclic) bond motifs is 1. The molecule has 0 atom stereocenters. The lowest BCUT2D eigenvalue weighted by Crippen LogP contribution is -2.28. The minimum Gasteiger partial charge on any atom is -0.493 e. The van der Waals surface area contributed by atoms with Crippen molar-refractivity contribution in [1.82, 2.24) is 15.1 Å². The highest BCUT2D eigenvalue weighted by molar-refractivity contribution is 7.98. The SMILES string of the molecule is COc1ccc(/C=C\C(=O)Nc2c3c(nn2CC(=O)NCc2ccco2)CSC3)cc1OC. The summed E-state index contributed by atoms with van der Waals surface area (Å²) in [5, 5.41) is 10.2. The van der Waals surface area contributed by atoms with Gasteiger partial charge in [-0.3, -0.25) is 9.59 Å². The Labute approximate surface area is 195 Å². The van der Waals surface area contributed by atoms with Gasteiger partial charge in [0.2, 0.25) is 11.8 Å². The quantitative estimate of drug-likeness (QED) is 0.464. The molecule has 10 heteroatoms. The number of methoxy groups -OCH3 is 2. The molecule has 0 aliphatic carbocycles. The van der Waals surface area contributed by atoms with Gasteiger partial charge in [0, 0.05) is 23.1 Å². The molecule has 0 bridgehead atoms. The van der Waals surface area contributed by atoms with Crippen LogP contribution in [-0.4, -0.2) is 35.8 Å². The highest BCUT2D eigenvalue weighted by Gasteiger charge is 2.24. The monoisotopic (exact) mass is 468 g/mol. The van der Waals surface area contributed by atoms with Gasteiger partial charge >= 0.3 is 0 Å². The number of anilines is 1. The first-order valence-corrected chi connectivity index (χ1v) is 11.4. The number of furan rings is 1. The number of nitrogens with one attached hydrogen (secondary N) is 2. The number of hydrogen-bond acceptors (Lipinski definition) is 7. The molecule has 0 unspecified atom stereocenters. The van der Waals surface area contributed by atoms with E-state index in [0.717, 1.165) is 28.3 Å². The Kier molecular flexibility index (Phi) is 7.04. The van der Waals surface area contributed by atoms with Crippen LogP contribution in [0.3, 0.4) is 0 Å². The lowest BCUT2D eigenvalue weighted by atomic mass is 10.2. The van der Waals surface area contributed by atoms with E-state index in [-0.39, 0.29) is 18.4 Å². The Bertz CT molecular complexity index is 1170. The summed E-state index contributed by atoms with van der Waals surface area (Å²) in [6.45, 7) is 0.284. The van der Waals surface area contributed by atoms with Crippen molar-refractivity contribution >= 4 is 35.5 Å². The van der Waals surface area contributed by atoms with Crippen LogP contribution in [0.5, 0.6) is 11.5 Å². The normalized spacial score (nSPS) is 12.5. The van der Waals surface area contributed by atoms with Gasteiger partial charge in [-0.25, -0.2) is 4.68 Å². The summed E-state index contributed by atoms with van der Waals surface area (Å²) < 4.78 is 17.3. The van der Waals surface area contributed by atoms with E-state index < -0.39 is 0 Å². The lowest BCUT2D eigenvalue weighted by Gasteiger charge is -2.10. The molecule has 0 saturated carbocycles. The third-order valence-electron chi connectivity index (χ3n) is 5.03. The maximum Gasteiger partial charge on any atom is 0.249 e. The molecule has 0 saturated heterocycles. The smallest absolute Gasteiger partial charge is 0.249 e. The van der Waals surface area contributed by atoms with Crippen LogP contribution in [-0.2, 0) is 34.2 Å². The summed E-state index contributed by atoms with van der Waals surface area (Å²) in [5.41, 5.74) is 2.62. The fourth-order valence-electron chi connectivity index (χ4n) is 3.40. The van der Waals surface area contributed by atoms with E-state index in [1.54, 1.807) is 67.3 Å². The molecule has 172 valence electrons. The van der Waals surface area contributed by atoms with Gasteiger partial charge in [0.1, 0.15) is 18.1 Å². The largest absolute Gasteiger partial charge is 0.493 e. The van der Waals surface area contributed by atoms with Crippen molar-refractivity contribution in [2.24, 2.45) is 0 Å². The fraction of sp³-hybridized carbons (Fsp3) is 0.261. The predicted molar refractivity (Wildman–Crippen MR) is 125 cm³/mol. The zero-order chi connectivity index (χ0) is 23.2. The van der Waals surface area contributed by atoms with Crippen LogP contribution in [0.1, 0.15) is 22.6 Å². The van der Waals surface area contributed by atoms with Crippen molar-refractivity contribution in [1.29, 1.82) is 0 Å². The van der Waals surface area contributed by atoms with Crippen molar-refractivity contribution in [2.75, 3.05) is 19.5 Å². The second kappa shape index (κ2) is 10.3. The molecule has 1 aliphatic rings. The Morgan fingerprint density at radius 3 is 2.82 bits per heavy atom. The van der Waals surface area contributed by atoms with E-state index in [0.29, 0.717) is 29.6 Å². The molecule has 33 heavy (non-hydrogen) atoms. The number of thioether (sulfide) groups is 1. The number of hydrogen-bond donors (Lipinski definition) is 2. The molecule has 0 fully saturated rings. The van der Waals surface area contributed by atoms with Crippen LogP contribution in [0.2, 0.25) is 0 Å². The number of carbonyl (C=O) groups is 2. The lowest BCUT2D eigenvalue weighted by molar-refractivity contribution is -0.122. The summed E-state index contributed by atoms with van der Waals surface area (Å²) in [6, 6.07) is 8.94. The number of benzene rings is 1. The molecule has 0 spiro atoms. The highest BCUT2D eigenvalue weighted by atomic mass is 32.2. The van der Waals surface area contributed by atoms with Crippen molar-refractivity contribution in [3.05, 3.63) is 65.3 Å². The third kappa shape index (κ3) is 5.40. The Hall–Kier alpha value is -3.66. The molecule has 1 aliphatic heterocycles. The number of aromatic nitrogens is 2. The first kappa shape index (κ1) is 22.5. The van der Waals surface area contributed by atoms with E-state index in [4.69, 9.17) is 13.9 Å². The number of carbonyl (C=O) groups excluding carboxylic acids is 2. The van der Waals surface area contributed by atoms with Crippen LogP contribution < -0.4 is 20.1 Å². The molecule has 3 heterocycles. The zero-order valence-electron chi connectivity index (χ0n) is 18.3. The summed E-state index contributed by atoms with van der Waals surface area (Å²) in [6.07, 6.45) is 4.67. The summed E-state index contributed by atoms with van der Waals surface area (Å²) >= 11 is 1.72. The second-order valence-corrected chi connectivity index (χ2v) is 8.20. The number of amides is 2. The first-order chi connectivity index (χ1) is 16.1. The van der Waals surface area contributed by atoms with Gasteiger partial charge in [0.05, 0.1) is 32.7 Å². The van der Waals surface area contributed by atoms with Crippen LogP contribution >= 0.6 is 11.8 Å². The van der Waals surface area contributed by atoms with Crippen LogP contribution in [0, 0.1) is 0 Å². The molecule has 0 radical (unpaired) electrons. The Balaban J connectivity index is 1.44. The zero-order valence-corrected chi connectivity index (χ0v) is 19.1. The molecule has 9 nitrogen and oxygen atoms in total. The van der Waals surface area contributed by atoms with Crippen LogP contribution in [0.4, 0.5) is 5.82 Å². The summed E-state index contributed by atoms with van der Waals surface area (Å²) in [5.74, 6) is 3.34. The van der Waals surface area contributed by atoms with Crippen LogP contribution in [0.25, 0.3) is 6.08 Å². The minimum absolute atomic E-state index is 0.00657. The molecule has 2 N–H and O–H groups in total. The summed E-state index contributed by atoms with van der Waals surface area (Å²) in [7, 11) is 3.13. The van der Waals surface area contributed by atoms with Crippen molar-refractivity contribution < 1.29 is 23.5 Å². The molecular weight excluding hydrogens is 444 g/mol. The number of ether oxygens (including phenoxy) is 2. The van der Waals surface area contributed by atoms with Gasteiger partial charge in [-0.1, -0.05) is 6.07 Å². The van der Waals surface area contributed by atoms with Gasteiger partial charge in [-0.05, 0) is 35.9 Å². The molecule has 2 aromatic heterocycles. The van der Waals surface area contributed by atoms with E-state index in [2.05, 4.69) is 15.7 Å². The number of nitrogens with zero attached hydrogens (tertiary/aromatic N) is 2. The average Bonchev–Trinajstić information content (AvgIpc) is 3.56. The third-order valence-corrected chi connectivity index (χ3v) is 6.00. The maximum absolute atomic E-state index is 12.7. The van der Waals surface area contributed by atoms with Gasteiger partial charge < -0.3 is 24.5 Å². The highest BCUT2D eigenvalue weighted by Crippen LogP contribution is 2.34. The van der Waals surface area contributed by atoms with Crippen molar-refractivity contribution in [2.45, 2.75) is 24.6 Å². The van der Waals surface area contributed by atoms with Gasteiger partial charge in [0.15, 0.2) is 11.5 Å². The first-order valence-electron chi connectivity index (χ1n) is 10.2. The molecular formula is C23H24N4O5S. The van der Waals surface area contributed by atoms with E-state index in [1.165, 1.54) is 6.08 Å². The fourth-order valence-corrected chi connectivity index (χ4v) is 4.43. The van der Waals surface area contributed by atoms with Gasteiger partial charge in [0.25, 0.3) is 0 Å². The van der Waals surface area contributed by atoms with E-state index in [1.807, 2.05) is 6.07 Å². The predicted octanol–water partition coefficient (Wildman–Crippen LogP) is 3.21. The van der Waals surface area contributed by atoms with Crippen molar-refractivity contribution in [3.63, 3.8) is 0 Å². The standard InChI is InChI=1S/C23H24N4O5S/c1-30-19-7-5-15(10-20(19)31-2)6-8-21(28)25-23-17-13-33-14-18(17)26-27(23)12-22(29)24-11-16-4-3-9-32-16/h3-10H,11-14H2,1-2H3,(H,24,29)(H,25,28)/b8-6-. The summed E-state index contributed by atoms with van der Waals surface area (Å²) in [4.78, 5) is 25.1. The molecule has 1 aromatic carbocycles. The maximum atomic E-state index is 12.7. The minimum atomic E-state index is -0.318. The molecule has 3 aromatic rings. The average molecular weight is 469 g/mol. The topological polar surface area (TPSA) is 108 Å². The van der Waals surface area contributed by atoms with Gasteiger partial charge in [-0.15, -0.1) is 0 Å². The number of rotatable bonds is 9. The second-order valence-electron chi connectivity index (χ2n) is 7.22.